The van der Waals surface area contributed by atoms with Crippen LogP contribution in [-0.2, 0) is 9.59 Å². The van der Waals surface area contributed by atoms with E-state index in [-0.39, 0.29) is 24.3 Å². The fourth-order valence-electron chi connectivity index (χ4n) is 2.14. The van der Waals surface area contributed by atoms with Crippen LogP contribution in [0.4, 0.5) is 11.4 Å². The highest BCUT2D eigenvalue weighted by Gasteiger charge is 2.10. The van der Waals surface area contributed by atoms with E-state index in [1.165, 1.54) is 0 Å². The highest BCUT2D eigenvalue weighted by molar-refractivity contribution is 5.95. The predicted octanol–water partition coefficient (Wildman–Crippen LogP) is 2.55. The third kappa shape index (κ3) is 5.06. The second-order valence-electron chi connectivity index (χ2n) is 5.59. The highest BCUT2D eigenvalue weighted by Crippen LogP contribution is 2.22. The first-order valence-electron chi connectivity index (χ1n) is 7.82. The molecule has 0 heterocycles. The van der Waals surface area contributed by atoms with Crippen molar-refractivity contribution in [3.63, 3.8) is 0 Å². The Kier molecular flexibility index (Phi) is 6.89. The van der Waals surface area contributed by atoms with Gasteiger partial charge in [0.2, 0.25) is 11.8 Å². The van der Waals surface area contributed by atoms with Gasteiger partial charge in [0.15, 0.2) is 0 Å². The molecular formula is C17H27N3O2. The van der Waals surface area contributed by atoms with Gasteiger partial charge in [-0.1, -0.05) is 13.8 Å². The van der Waals surface area contributed by atoms with E-state index in [1.807, 2.05) is 19.1 Å². The summed E-state index contributed by atoms with van der Waals surface area (Å²) in [6.07, 6.45) is 0. The van der Waals surface area contributed by atoms with Crippen LogP contribution in [0.15, 0.2) is 18.2 Å². The Morgan fingerprint density at radius 3 is 2.32 bits per heavy atom. The van der Waals surface area contributed by atoms with Crippen molar-refractivity contribution in [3.05, 3.63) is 23.8 Å². The van der Waals surface area contributed by atoms with Gasteiger partial charge in [0.05, 0.1) is 6.54 Å². The van der Waals surface area contributed by atoms with Crippen molar-refractivity contribution in [2.75, 3.05) is 29.9 Å². The monoisotopic (exact) mass is 305 g/mol. The summed E-state index contributed by atoms with van der Waals surface area (Å²) in [6.45, 7) is 11.7. The minimum atomic E-state index is -0.215. The van der Waals surface area contributed by atoms with Crippen LogP contribution in [0.3, 0.4) is 0 Å². The summed E-state index contributed by atoms with van der Waals surface area (Å²) in [4.78, 5) is 25.6. The van der Waals surface area contributed by atoms with Gasteiger partial charge in [-0.3, -0.25) is 9.59 Å². The Morgan fingerprint density at radius 1 is 1.18 bits per heavy atom. The highest BCUT2D eigenvalue weighted by atomic mass is 16.2. The predicted molar refractivity (Wildman–Crippen MR) is 91.2 cm³/mol. The molecule has 1 rings (SSSR count). The number of hydrogen-bond donors (Lipinski definition) is 2. The molecule has 0 spiro atoms. The second kappa shape index (κ2) is 8.41. The van der Waals surface area contributed by atoms with Gasteiger partial charge in [0.1, 0.15) is 0 Å². The lowest BCUT2D eigenvalue weighted by Crippen LogP contribution is -2.35. The first-order valence-corrected chi connectivity index (χ1v) is 7.82. The zero-order valence-electron chi connectivity index (χ0n) is 14.2. The average molecular weight is 305 g/mol. The molecule has 0 saturated heterocycles. The van der Waals surface area contributed by atoms with Crippen molar-refractivity contribution >= 4 is 23.2 Å². The van der Waals surface area contributed by atoms with Crippen molar-refractivity contribution in [3.8, 4) is 0 Å². The Labute approximate surface area is 133 Å². The number of rotatable bonds is 7. The SMILES string of the molecule is CCN(CC)c1ccc(NC(=O)CNC(=O)C(C)C)c(C)c1. The largest absolute Gasteiger partial charge is 0.372 e. The lowest BCUT2D eigenvalue weighted by Gasteiger charge is -2.22. The van der Waals surface area contributed by atoms with E-state index in [9.17, 15) is 9.59 Å². The van der Waals surface area contributed by atoms with E-state index in [0.29, 0.717) is 0 Å². The third-order valence-electron chi connectivity index (χ3n) is 3.56. The molecule has 0 bridgehead atoms. The van der Waals surface area contributed by atoms with Crippen molar-refractivity contribution in [1.29, 1.82) is 0 Å². The number of carbonyl (C=O) groups excluding carboxylic acids is 2. The van der Waals surface area contributed by atoms with E-state index < -0.39 is 0 Å². The van der Waals surface area contributed by atoms with Gasteiger partial charge in [0, 0.05) is 30.4 Å². The number of aryl methyl sites for hydroxylation is 1. The summed E-state index contributed by atoms with van der Waals surface area (Å²) in [5.41, 5.74) is 2.93. The van der Waals surface area contributed by atoms with Gasteiger partial charge in [-0.15, -0.1) is 0 Å². The van der Waals surface area contributed by atoms with Crippen LogP contribution in [-0.4, -0.2) is 31.4 Å². The molecule has 1 aromatic rings. The van der Waals surface area contributed by atoms with Crippen molar-refractivity contribution < 1.29 is 9.59 Å². The number of hydrogen-bond acceptors (Lipinski definition) is 3. The van der Waals surface area contributed by atoms with E-state index >= 15 is 0 Å². The topological polar surface area (TPSA) is 61.4 Å². The quantitative estimate of drug-likeness (QED) is 0.814. The first kappa shape index (κ1) is 18.0. The molecule has 0 aliphatic heterocycles. The smallest absolute Gasteiger partial charge is 0.243 e. The standard InChI is InChI=1S/C17H27N3O2/c1-6-20(7-2)14-8-9-15(13(5)10-14)19-16(21)11-18-17(22)12(3)4/h8-10,12H,6-7,11H2,1-5H3,(H,18,22)(H,19,21). The van der Waals surface area contributed by atoms with Crippen LogP contribution in [0.2, 0.25) is 0 Å². The molecule has 22 heavy (non-hydrogen) atoms. The van der Waals surface area contributed by atoms with Crippen molar-refractivity contribution in [2.45, 2.75) is 34.6 Å². The van der Waals surface area contributed by atoms with Crippen LogP contribution < -0.4 is 15.5 Å². The van der Waals surface area contributed by atoms with Crippen LogP contribution in [0.25, 0.3) is 0 Å². The lowest BCUT2D eigenvalue weighted by atomic mass is 10.1. The zero-order chi connectivity index (χ0) is 16.7. The number of nitrogens with one attached hydrogen (secondary N) is 2. The Bertz CT molecular complexity index is 523. The van der Waals surface area contributed by atoms with Crippen molar-refractivity contribution in [2.24, 2.45) is 5.92 Å². The van der Waals surface area contributed by atoms with Gasteiger partial charge < -0.3 is 15.5 Å². The molecule has 0 aliphatic rings. The third-order valence-corrected chi connectivity index (χ3v) is 3.56. The summed E-state index contributed by atoms with van der Waals surface area (Å²) in [6, 6.07) is 5.97. The summed E-state index contributed by atoms with van der Waals surface area (Å²) in [5, 5.41) is 5.44. The fourth-order valence-corrected chi connectivity index (χ4v) is 2.14. The average Bonchev–Trinajstić information content (AvgIpc) is 2.48. The summed E-state index contributed by atoms with van der Waals surface area (Å²) in [7, 11) is 0. The number of carbonyl (C=O) groups is 2. The fraction of sp³-hybridized carbons (Fsp3) is 0.529. The molecule has 0 fully saturated rings. The molecule has 0 radical (unpaired) electrons. The van der Waals surface area contributed by atoms with Crippen LogP contribution >= 0.6 is 0 Å². The summed E-state index contributed by atoms with van der Waals surface area (Å²) < 4.78 is 0. The molecule has 2 amide bonds. The molecule has 0 saturated carbocycles. The molecule has 0 unspecified atom stereocenters. The van der Waals surface area contributed by atoms with Gasteiger partial charge in [-0.05, 0) is 44.5 Å². The molecule has 0 aromatic heterocycles. The minimum absolute atomic E-state index is 0.00570. The summed E-state index contributed by atoms with van der Waals surface area (Å²) >= 11 is 0. The normalized spacial score (nSPS) is 10.5. The van der Waals surface area contributed by atoms with E-state index in [4.69, 9.17) is 0 Å². The molecule has 1 aromatic carbocycles. The number of amides is 2. The first-order chi connectivity index (χ1) is 10.4. The Morgan fingerprint density at radius 2 is 1.82 bits per heavy atom. The maximum absolute atomic E-state index is 11.9. The number of nitrogens with zero attached hydrogens (tertiary/aromatic N) is 1. The van der Waals surface area contributed by atoms with Gasteiger partial charge in [0.25, 0.3) is 0 Å². The van der Waals surface area contributed by atoms with Crippen molar-refractivity contribution in [1.82, 2.24) is 5.32 Å². The number of anilines is 2. The maximum Gasteiger partial charge on any atom is 0.243 e. The molecular weight excluding hydrogens is 278 g/mol. The van der Waals surface area contributed by atoms with E-state index in [1.54, 1.807) is 13.8 Å². The van der Waals surface area contributed by atoms with Gasteiger partial charge >= 0.3 is 0 Å². The lowest BCUT2D eigenvalue weighted by molar-refractivity contribution is -0.126. The van der Waals surface area contributed by atoms with Crippen LogP contribution in [0, 0.1) is 12.8 Å². The Hall–Kier alpha value is -2.04. The van der Waals surface area contributed by atoms with Crippen LogP contribution in [0.1, 0.15) is 33.3 Å². The maximum atomic E-state index is 11.9. The van der Waals surface area contributed by atoms with E-state index in [0.717, 1.165) is 30.0 Å². The zero-order valence-corrected chi connectivity index (χ0v) is 14.2. The van der Waals surface area contributed by atoms with Gasteiger partial charge in [-0.2, -0.15) is 0 Å². The molecule has 122 valence electrons. The molecule has 0 aliphatic carbocycles. The molecule has 0 atom stereocenters. The molecule has 2 N–H and O–H groups in total. The summed E-state index contributed by atoms with van der Waals surface area (Å²) in [5.74, 6) is -0.459. The van der Waals surface area contributed by atoms with E-state index in [2.05, 4.69) is 35.4 Å². The van der Waals surface area contributed by atoms with Gasteiger partial charge in [-0.25, -0.2) is 0 Å². The second-order valence-corrected chi connectivity index (χ2v) is 5.59. The minimum Gasteiger partial charge on any atom is -0.372 e. The molecule has 5 nitrogen and oxygen atoms in total. The number of benzene rings is 1. The molecule has 5 heteroatoms. The van der Waals surface area contributed by atoms with Crippen LogP contribution in [0.5, 0.6) is 0 Å². The Balaban J connectivity index is 2.66.